The molecular formula is C19H24N2O4. The SMILES string of the molecule is O=C(O)[C@H]1CCCN(C(=O)C2CCCN(C(=O)c3ccccc3)C2)C1. The zero-order valence-electron chi connectivity index (χ0n) is 14.3. The van der Waals surface area contributed by atoms with Gasteiger partial charge in [-0.2, -0.15) is 0 Å². The summed E-state index contributed by atoms with van der Waals surface area (Å²) in [4.78, 5) is 40.1. The first-order chi connectivity index (χ1) is 12.1. The fourth-order valence-corrected chi connectivity index (χ4v) is 3.76. The molecule has 2 amide bonds. The second-order valence-corrected chi connectivity index (χ2v) is 6.92. The lowest BCUT2D eigenvalue weighted by atomic mass is 9.92. The lowest BCUT2D eigenvalue weighted by molar-refractivity contribution is -0.147. The van der Waals surface area contributed by atoms with Crippen molar-refractivity contribution in [3.05, 3.63) is 35.9 Å². The molecule has 0 spiro atoms. The number of carboxylic acid groups (broad SMARTS) is 1. The topological polar surface area (TPSA) is 77.9 Å². The molecule has 1 aromatic carbocycles. The van der Waals surface area contributed by atoms with Gasteiger partial charge in [0.25, 0.3) is 5.91 Å². The van der Waals surface area contributed by atoms with Crippen LogP contribution in [0.2, 0.25) is 0 Å². The van der Waals surface area contributed by atoms with Gasteiger partial charge in [0.05, 0.1) is 11.8 Å². The van der Waals surface area contributed by atoms with Crippen molar-refractivity contribution < 1.29 is 19.5 Å². The molecule has 2 aliphatic rings. The summed E-state index contributed by atoms with van der Waals surface area (Å²) in [5, 5.41) is 9.20. The maximum atomic E-state index is 12.8. The van der Waals surface area contributed by atoms with Crippen LogP contribution in [0, 0.1) is 11.8 Å². The number of piperidine rings is 2. The average Bonchev–Trinajstić information content (AvgIpc) is 2.67. The first kappa shape index (κ1) is 17.5. The van der Waals surface area contributed by atoms with E-state index in [9.17, 15) is 19.5 Å². The van der Waals surface area contributed by atoms with Crippen LogP contribution in [-0.2, 0) is 9.59 Å². The van der Waals surface area contributed by atoms with E-state index in [4.69, 9.17) is 0 Å². The molecule has 2 atom stereocenters. The van der Waals surface area contributed by atoms with Crippen LogP contribution in [0.1, 0.15) is 36.0 Å². The number of carboxylic acids is 1. The monoisotopic (exact) mass is 344 g/mol. The van der Waals surface area contributed by atoms with E-state index < -0.39 is 11.9 Å². The molecule has 2 saturated heterocycles. The number of aliphatic carboxylic acids is 1. The molecule has 2 aliphatic heterocycles. The van der Waals surface area contributed by atoms with Crippen LogP contribution in [0.15, 0.2) is 30.3 Å². The van der Waals surface area contributed by atoms with E-state index in [0.717, 1.165) is 19.3 Å². The quantitative estimate of drug-likeness (QED) is 0.908. The smallest absolute Gasteiger partial charge is 0.308 e. The van der Waals surface area contributed by atoms with Crippen LogP contribution in [0.4, 0.5) is 0 Å². The lowest BCUT2D eigenvalue weighted by Gasteiger charge is -2.37. The fourth-order valence-electron chi connectivity index (χ4n) is 3.76. The van der Waals surface area contributed by atoms with E-state index in [1.54, 1.807) is 21.9 Å². The minimum absolute atomic E-state index is 0.00323. The van der Waals surface area contributed by atoms with Crippen molar-refractivity contribution >= 4 is 17.8 Å². The summed E-state index contributed by atoms with van der Waals surface area (Å²) in [5.74, 6) is -1.57. The molecule has 134 valence electrons. The number of carbonyl (C=O) groups is 3. The van der Waals surface area contributed by atoms with E-state index in [1.807, 2.05) is 18.2 Å². The predicted molar refractivity (Wildman–Crippen MR) is 92.0 cm³/mol. The number of carbonyl (C=O) groups excluding carboxylic acids is 2. The Morgan fingerprint density at radius 1 is 0.880 bits per heavy atom. The van der Waals surface area contributed by atoms with E-state index in [1.165, 1.54) is 0 Å². The van der Waals surface area contributed by atoms with Crippen molar-refractivity contribution in [2.45, 2.75) is 25.7 Å². The van der Waals surface area contributed by atoms with Gasteiger partial charge in [-0.1, -0.05) is 18.2 Å². The Hall–Kier alpha value is -2.37. The highest BCUT2D eigenvalue weighted by Crippen LogP contribution is 2.24. The number of nitrogens with zero attached hydrogens (tertiary/aromatic N) is 2. The Morgan fingerprint density at radius 3 is 2.16 bits per heavy atom. The molecule has 0 aliphatic carbocycles. The molecule has 2 heterocycles. The van der Waals surface area contributed by atoms with Gasteiger partial charge in [-0.05, 0) is 37.8 Å². The Morgan fingerprint density at radius 2 is 1.48 bits per heavy atom. The predicted octanol–water partition coefficient (Wildman–Crippen LogP) is 1.86. The maximum Gasteiger partial charge on any atom is 0.308 e. The molecular weight excluding hydrogens is 320 g/mol. The van der Waals surface area contributed by atoms with Crippen molar-refractivity contribution in [3.8, 4) is 0 Å². The van der Waals surface area contributed by atoms with Crippen molar-refractivity contribution in [1.29, 1.82) is 0 Å². The second kappa shape index (κ2) is 7.68. The molecule has 1 N–H and O–H groups in total. The zero-order chi connectivity index (χ0) is 17.8. The standard InChI is InChI=1S/C19H24N2O4/c22-17(14-6-2-1-3-7-14)20-10-4-8-15(12-20)18(23)21-11-5-9-16(13-21)19(24)25/h1-3,6-7,15-16H,4-5,8-13H2,(H,24,25)/t15?,16-/m0/s1. The van der Waals surface area contributed by atoms with Crippen molar-refractivity contribution in [1.82, 2.24) is 9.80 Å². The van der Waals surface area contributed by atoms with E-state index in [2.05, 4.69) is 0 Å². The average molecular weight is 344 g/mol. The van der Waals surface area contributed by atoms with Gasteiger partial charge in [-0.3, -0.25) is 14.4 Å². The molecule has 0 aromatic heterocycles. The molecule has 1 unspecified atom stereocenters. The normalized spacial score (nSPS) is 24.0. The molecule has 3 rings (SSSR count). The van der Waals surface area contributed by atoms with Gasteiger partial charge < -0.3 is 14.9 Å². The van der Waals surface area contributed by atoms with Crippen LogP contribution in [-0.4, -0.2) is 58.9 Å². The third-order valence-corrected chi connectivity index (χ3v) is 5.16. The molecule has 0 radical (unpaired) electrons. The summed E-state index contributed by atoms with van der Waals surface area (Å²) >= 11 is 0. The molecule has 1 aromatic rings. The van der Waals surface area contributed by atoms with Crippen LogP contribution in [0.3, 0.4) is 0 Å². The third kappa shape index (κ3) is 4.00. The van der Waals surface area contributed by atoms with E-state index in [-0.39, 0.29) is 24.3 Å². The Kier molecular flexibility index (Phi) is 5.36. The molecule has 0 saturated carbocycles. The van der Waals surface area contributed by atoms with Crippen molar-refractivity contribution in [2.24, 2.45) is 11.8 Å². The Labute approximate surface area is 147 Å². The molecule has 25 heavy (non-hydrogen) atoms. The number of hydrogen-bond acceptors (Lipinski definition) is 3. The highest BCUT2D eigenvalue weighted by atomic mass is 16.4. The van der Waals surface area contributed by atoms with Crippen LogP contribution in [0.5, 0.6) is 0 Å². The molecule has 6 heteroatoms. The zero-order valence-corrected chi connectivity index (χ0v) is 14.3. The molecule has 0 bridgehead atoms. The minimum atomic E-state index is -0.831. The summed E-state index contributed by atoms with van der Waals surface area (Å²) in [7, 11) is 0. The van der Waals surface area contributed by atoms with Crippen LogP contribution >= 0.6 is 0 Å². The van der Waals surface area contributed by atoms with Crippen molar-refractivity contribution in [2.75, 3.05) is 26.2 Å². The first-order valence-electron chi connectivity index (χ1n) is 8.92. The largest absolute Gasteiger partial charge is 0.481 e. The van der Waals surface area contributed by atoms with Gasteiger partial charge in [-0.25, -0.2) is 0 Å². The second-order valence-electron chi connectivity index (χ2n) is 6.92. The highest BCUT2D eigenvalue weighted by molar-refractivity contribution is 5.94. The van der Waals surface area contributed by atoms with E-state index in [0.29, 0.717) is 31.6 Å². The summed E-state index contributed by atoms with van der Waals surface area (Å²) < 4.78 is 0. The summed E-state index contributed by atoms with van der Waals surface area (Å²) in [5.41, 5.74) is 0.638. The van der Waals surface area contributed by atoms with Gasteiger partial charge >= 0.3 is 5.97 Å². The van der Waals surface area contributed by atoms with Crippen LogP contribution in [0.25, 0.3) is 0 Å². The minimum Gasteiger partial charge on any atom is -0.481 e. The van der Waals surface area contributed by atoms with Gasteiger partial charge in [0, 0.05) is 31.7 Å². The first-order valence-corrected chi connectivity index (χ1v) is 8.92. The van der Waals surface area contributed by atoms with E-state index >= 15 is 0 Å². The number of likely N-dealkylation sites (tertiary alicyclic amines) is 2. The summed E-state index contributed by atoms with van der Waals surface area (Å²) in [6, 6.07) is 9.11. The number of benzene rings is 1. The van der Waals surface area contributed by atoms with Gasteiger partial charge in [0.2, 0.25) is 5.91 Å². The number of amides is 2. The summed E-state index contributed by atoms with van der Waals surface area (Å²) in [6.07, 6.45) is 2.90. The maximum absolute atomic E-state index is 12.8. The number of hydrogen-bond donors (Lipinski definition) is 1. The van der Waals surface area contributed by atoms with Crippen LogP contribution < -0.4 is 0 Å². The van der Waals surface area contributed by atoms with Gasteiger partial charge in [0.1, 0.15) is 0 Å². The Balaban J connectivity index is 1.63. The lowest BCUT2D eigenvalue weighted by Crippen LogP contribution is -2.49. The molecule has 6 nitrogen and oxygen atoms in total. The fraction of sp³-hybridized carbons (Fsp3) is 0.526. The third-order valence-electron chi connectivity index (χ3n) is 5.16. The number of rotatable bonds is 3. The highest BCUT2D eigenvalue weighted by Gasteiger charge is 2.34. The van der Waals surface area contributed by atoms with Gasteiger partial charge in [0.15, 0.2) is 0 Å². The Bertz CT molecular complexity index is 646. The summed E-state index contributed by atoms with van der Waals surface area (Å²) in [6.45, 7) is 1.99. The van der Waals surface area contributed by atoms with Crippen molar-refractivity contribution in [3.63, 3.8) is 0 Å². The van der Waals surface area contributed by atoms with Gasteiger partial charge in [-0.15, -0.1) is 0 Å². The molecule has 2 fully saturated rings.